The van der Waals surface area contributed by atoms with Crippen LogP contribution in [0.15, 0.2) is 48.5 Å². The van der Waals surface area contributed by atoms with E-state index in [9.17, 15) is 9.59 Å². The third-order valence-electron chi connectivity index (χ3n) is 3.65. The van der Waals surface area contributed by atoms with E-state index in [2.05, 4.69) is 5.32 Å². The number of nitrogens with zero attached hydrogens (tertiary/aromatic N) is 1. The first-order valence-corrected chi connectivity index (χ1v) is 7.72. The molecule has 3 rings (SSSR count). The number of benzene rings is 2. The van der Waals surface area contributed by atoms with E-state index in [1.807, 2.05) is 37.3 Å². The zero-order valence-corrected chi connectivity index (χ0v) is 13.3. The molecule has 0 unspecified atom stereocenters. The molecule has 0 fully saturated rings. The van der Waals surface area contributed by atoms with Crippen LogP contribution in [0.1, 0.15) is 13.3 Å². The average Bonchev–Trinajstić information content (AvgIpc) is 3.04. The lowest BCUT2D eigenvalue weighted by Gasteiger charge is -2.20. The van der Waals surface area contributed by atoms with Gasteiger partial charge in [0.1, 0.15) is 6.42 Å². The Morgan fingerprint density at radius 3 is 2.58 bits per heavy atom. The number of carbonyl (C=O) groups is 2. The van der Waals surface area contributed by atoms with Gasteiger partial charge in [-0.1, -0.05) is 18.2 Å². The second-order valence-electron chi connectivity index (χ2n) is 5.27. The summed E-state index contributed by atoms with van der Waals surface area (Å²) in [5.41, 5.74) is 1.35. The minimum Gasteiger partial charge on any atom is -0.454 e. The molecular formula is C18H18N2O4. The fourth-order valence-electron chi connectivity index (χ4n) is 2.52. The molecule has 0 bridgehead atoms. The predicted octanol–water partition coefficient (Wildman–Crippen LogP) is 2.80. The maximum Gasteiger partial charge on any atom is 0.236 e. The zero-order valence-electron chi connectivity index (χ0n) is 13.3. The van der Waals surface area contributed by atoms with Gasteiger partial charge in [0.05, 0.1) is 0 Å². The van der Waals surface area contributed by atoms with E-state index in [1.54, 1.807) is 23.1 Å². The van der Waals surface area contributed by atoms with Crippen molar-refractivity contribution in [3.8, 4) is 11.5 Å². The van der Waals surface area contributed by atoms with Crippen molar-refractivity contribution in [2.24, 2.45) is 0 Å². The highest BCUT2D eigenvalue weighted by molar-refractivity contribution is 6.09. The Kier molecular flexibility index (Phi) is 4.65. The lowest BCUT2D eigenvalue weighted by atomic mass is 10.2. The van der Waals surface area contributed by atoms with Crippen LogP contribution in [0.5, 0.6) is 11.5 Å². The van der Waals surface area contributed by atoms with Gasteiger partial charge in [-0.2, -0.15) is 0 Å². The van der Waals surface area contributed by atoms with Gasteiger partial charge in [0.15, 0.2) is 11.5 Å². The highest BCUT2D eigenvalue weighted by Crippen LogP contribution is 2.34. The van der Waals surface area contributed by atoms with Crippen LogP contribution >= 0.6 is 0 Å². The topological polar surface area (TPSA) is 67.9 Å². The zero-order chi connectivity index (χ0) is 16.9. The smallest absolute Gasteiger partial charge is 0.236 e. The van der Waals surface area contributed by atoms with Gasteiger partial charge < -0.3 is 19.7 Å². The Labute approximate surface area is 140 Å². The highest BCUT2D eigenvalue weighted by atomic mass is 16.7. The maximum atomic E-state index is 12.4. The summed E-state index contributed by atoms with van der Waals surface area (Å²) in [7, 11) is 0. The van der Waals surface area contributed by atoms with Gasteiger partial charge in [-0.15, -0.1) is 0 Å². The molecule has 0 atom stereocenters. The van der Waals surface area contributed by atoms with Crippen LogP contribution in [0, 0.1) is 0 Å². The molecular weight excluding hydrogens is 308 g/mol. The number of ether oxygens (including phenoxy) is 2. The first-order chi connectivity index (χ1) is 11.7. The molecule has 1 aliphatic rings. The lowest BCUT2D eigenvalue weighted by molar-refractivity contribution is -0.125. The van der Waals surface area contributed by atoms with Crippen LogP contribution in [-0.2, 0) is 9.59 Å². The Morgan fingerprint density at radius 1 is 1.08 bits per heavy atom. The summed E-state index contributed by atoms with van der Waals surface area (Å²) in [6, 6.07) is 14.4. The molecule has 1 aliphatic heterocycles. The molecule has 0 radical (unpaired) electrons. The molecule has 2 aromatic rings. The quantitative estimate of drug-likeness (QED) is 0.858. The first-order valence-electron chi connectivity index (χ1n) is 7.72. The van der Waals surface area contributed by atoms with E-state index in [0.717, 1.165) is 5.69 Å². The number of rotatable bonds is 5. The van der Waals surface area contributed by atoms with Gasteiger partial charge in [-0.25, -0.2) is 0 Å². The molecule has 0 aliphatic carbocycles. The Balaban J connectivity index is 1.62. The van der Waals surface area contributed by atoms with Crippen LogP contribution in [0.4, 0.5) is 11.4 Å². The van der Waals surface area contributed by atoms with Crippen molar-refractivity contribution < 1.29 is 19.1 Å². The van der Waals surface area contributed by atoms with Crippen molar-refractivity contribution in [2.75, 3.05) is 23.6 Å². The van der Waals surface area contributed by atoms with Gasteiger partial charge in [-0.3, -0.25) is 9.59 Å². The summed E-state index contributed by atoms with van der Waals surface area (Å²) < 4.78 is 10.5. The van der Waals surface area contributed by atoms with Crippen molar-refractivity contribution in [3.63, 3.8) is 0 Å². The first kappa shape index (κ1) is 15.9. The minimum atomic E-state index is -0.367. The van der Waals surface area contributed by atoms with Crippen molar-refractivity contribution in [1.29, 1.82) is 0 Å². The van der Waals surface area contributed by atoms with Gasteiger partial charge in [0, 0.05) is 24.0 Å². The van der Waals surface area contributed by atoms with Crippen molar-refractivity contribution in [2.45, 2.75) is 13.3 Å². The van der Waals surface area contributed by atoms with Gasteiger partial charge in [0.25, 0.3) is 0 Å². The predicted molar refractivity (Wildman–Crippen MR) is 90.3 cm³/mol. The van der Waals surface area contributed by atoms with Crippen molar-refractivity contribution in [1.82, 2.24) is 0 Å². The third-order valence-corrected chi connectivity index (χ3v) is 3.65. The van der Waals surface area contributed by atoms with Gasteiger partial charge in [0.2, 0.25) is 18.6 Å². The van der Waals surface area contributed by atoms with E-state index in [4.69, 9.17) is 9.47 Å². The molecule has 6 nitrogen and oxygen atoms in total. The number of anilines is 2. The highest BCUT2D eigenvalue weighted by Gasteiger charge is 2.19. The van der Waals surface area contributed by atoms with Crippen LogP contribution in [0.2, 0.25) is 0 Å². The summed E-state index contributed by atoms with van der Waals surface area (Å²) in [6.45, 7) is 2.55. The number of amides is 2. The standard InChI is InChI=1S/C18H18N2O4/c1-2-20(14-6-4-3-5-7-14)18(22)11-17(21)19-13-8-9-15-16(10-13)24-12-23-15/h3-10H,2,11-12H2,1H3,(H,19,21). The monoisotopic (exact) mass is 326 g/mol. The normalized spacial score (nSPS) is 11.9. The molecule has 2 aromatic carbocycles. The Hall–Kier alpha value is -3.02. The fraction of sp³-hybridized carbons (Fsp3) is 0.222. The maximum absolute atomic E-state index is 12.4. The van der Waals surface area contributed by atoms with Gasteiger partial charge >= 0.3 is 0 Å². The van der Waals surface area contributed by atoms with Crippen LogP contribution in [0.3, 0.4) is 0 Å². The SMILES string of the molecule is CCN(C(=O)CC(=O)Nc1ccc2c(c1)OCO2)c1ccccc1. The summed E-state index contributed by atoms with van der Waals surface area (Å²) in [6.07, 6.45) is -0.225. The van der Waals surface area contributed by atoms with Crippen molar-refractivity contribution in [3.05, 3.63) is 48.5 Å². The van der Waals surface area contributed by atoms with E-state index < -0.39 is 0 Å². The number of hydrogen-bond acceptors (Lipinski definition) is 4. The van der Waals surface area contributed by atoms with E-state index >= 15 is 0 Å². The average molecular weight is 326 g/mol. The van der Waals surface area contributed by atoms with E-state index in [-0.39, 0.29) is 25.0 Å². The molecule has 0 saturated carbocycles. The van der Waals surface area contributed by atoms with Crippen LogP contribution in [0.25, 0.3) is 0 Å². The molecule has 1 heterocycles. The summed E-state index contributed by atoms with van der Waals surface area (Å²) >= 11 is 0. The molecule has 6 heteroatoms. The summed E-state index contributed by atoms with van der Waals surface area (Å²) in [5.74, 6) is 0.610. The largest absolute Gasteiger partial charge is 0.454 e. The van der Waals surface area contributed by atoms with Crippen molar-refractivity contribution >= 4 is 23.2 Å². The molecule has 124 valence electrons. The summed E-state index contributed by atoms with van der Waals surface area (Å²) in [4.78, 5) is 26.1. The minimum absolute atomic E-state index is 0.174. The second kappa shape index (κ2) is 7.04. The van der Waals surface area contributed by atoms with Crippen LogP contribution in [-0.4, -0.2) is 25.2 Å². The number of para-hydroxylation sites is 1. The Bertz CT molecular complexity index is 746. The molecule has 0 aromatic heterocycles. The van der Waals surface area contributed by atoms with E-state index in [0.29, 0.717) is 23.7 Å². The van der Waals surface area contributed by atoms with E-state index in [1.165, 1.54) is 0 Å². The fourth-order valence-corrected chi connectivity index (χ4v) is 2.52. The third kappa shape index (κ3) is 3.48. The molecule has 0 spiro atoms. The number of fused-ring (bicyclic) bond motifs is 1. The molecule has 2 amide bonds. The van der Waals surface area contributed by atoms with Gasteiger partial charge in [-0.05, 0) is 31.2 Å². The lowest BCUT2D eigenvalue weighted by Crippen LogP contribution is -2.33. The molecule has 0 saturated heterocycles. The molecule has 1 N–H and O–H groups in total. The number of carbonyl (C=O) groups excluding carboxylic acids is 2. The number of hydrogen-bond donors (Lipinski definition) is 1. The van der Waals surface area contributed by atoms with Crippen LogP contribution < -0.4 is 19.7 Å². The second-order valence-corrected chi connectivity index (χ2v) is 5.27. The number of nitrogens with one attached hydrogen (secondary N) is 1. The Morgan fingerprint density at radius 2 is 1.83 bits per heavy atom. The summed E-state index contributed by atoms with van der Waals surface area (Å²) in [5, 5.41) is 2.71. The molecule has 24 heavy (non-hydrogen) atoms.